The Morgan fingerprint density at radius 1 is 1.33 bits per heavy atom. The van der Waals surface area contributed by atoms with E-state index in [-0.39, 0.29) is 11.4 Å². The van der Waals surface area contributed by atoms with E-state index in [1.165, 1.54) is 19.0 Å². The Hall–Kier alpha value is -0.970. The van der Waals surface area contributed by atoms with E-state index < -0.39 is 0 Å². The van der Waals surface area contributed by atoms with Crippen LogP contribution in [0, 0.1) is 5.82 Å². The molecule has 2 rings (SSSR count). The van der Waals surface area contributed by atoms with Gasteiger partial charge < -0.3 is 10.6 Å². The van der Waals surface area contributed by atoms with Crippen molar-refractivity contribution in [1.29, 1.82) is 0 Å². The monoisotopic (exact) mass is 293 g/mol. The molecule has 0 unspecified atom stereocenters. The number of nitrogens with two attached hydrogens (primary N) is 1. The largest absolute Gasteiger partial charge is 0.329 e. The molecule has 0 spiro atoms. The molecule has 0 atom stereocenters. The number of hydrogen-bond donors (Lipinski definition) is 1. The maximum Gasteiger partial charge on any atom is 0.123 e. The van der Waals surface area contributed by atoms with Gasteiger partial charge in [-0.2, -0.15) is 0 Å². The summed E-state index contributed by atoms with van der Waals surface area (Å²) in [5.74, 6) is -0.166. The van der Waals surface area contributed by atoms with Gasteiger partial charge >= 0.3 is 0 Å². The molecule has 0 aliphatic carbocycles. The SMILES string of the molecule is CCCN1CCC(CN)(N(C)Cc2cccc(F)c2)CC1. The van der Waals surface area contributed by atoms with Crippen LogP contribution in [0.15, 0.2) is 24.3 Å². The third kappa shape index (κ3) is 4.02. The minimum absolute atomic E-state index is 0.0521. The van der Waals surface area contributed by atoms with E-state index in [9.17, 15) is 4.39 Å². The van der Waals surface area contributed by atoms with Crippen molar-refractivity contribution in [2.45, 2.75) is 38.3 Å². The summed E-state index contributed by atoms with van der Waals surface area (Å²) in [7, 11) is 2.12. The van der Waals surface area contributed by atoms with E-state index >= 15 is 0 Å². The molecule has 4 heteroatoms. The van der Waals surface area contributed by atoms with Crippen molar-refractivity contribution in [1.82, 2.24) is 9.80 Å². The summed E-state index contributed by atoms with van der Waals surface area (Å²) in [4.78, 5) is 4.84. The Morgan fingerprint density at radius 3 is 2.62 bits per heavy atom. The number of nitrogens with zero attached hydrogens (tertiary/aromatic N) is 2. The van der Waals surface area contributed by atoms with Gasteiger partial charge in [0, 0.05) is 18.6 Å². The molecule has 1 aliphatic rings. The zero-order chi connectivity index (χ0) is 15.3. The second-order valence-corrected chi connectivity index (χ2v) is 6.26. The summed E-state index contributed by atoms with van der Waals surface area (Å²) in [5.41, 5.74) is 7.18. The molecule has 0 bridgehead atoms. The minimum atomic E-state index is -0.166. The predicted molar refractivity (Wildman–Crippen MR) is 85.6 cm³/mol. The first kappa shape index (κ1) is 16.4. The average molecular weight is 293 g/mol. The number of hydrogen-bond acceptors (Lipinski definition) is 3. The lowest BCUT2D eigenvalue weighted by molar-refractivity contribution is 0.0401. The third-order valence-corrected chi connectivity index (χ3v) is 4.83. The zero-order valence-corrected chi connectivity index (χ0v) is 13.3. The first-order valence-electron chi connectivity index (χ1n) is 7.98. The Kier molecular flexibility index (Phi) is 5.73. The molecule has 0 radical (unpaired) electrons. The molecule has 3 nitrogen and oxygen atoms in total. The van der Waals surface area contributed by atoms with Gasteiger partial charge in [0.15, 0.2) is 0 Å². The van der Waals surface area contributed by atoms with E-state index in [0.717, 1.165) is 38.0 Å². The van der Waals surface area contributed by atoms with Crippen LogP contribution in [0.5, 0.6) is 0 Å². The lowest BCUT2D eigenvalue weighted by Gasteiger charge is -2.47. The summed E-state index contributed by atoms with van der Waals surface area (Å²) in [6.07, 6.45) is 3.39. The molecule has 1 aromatic rings. The standard InChI is InChI=1S/C17H28FN3/c1-3-9-21-10-7-17(14-19,8-11-21)20(2)13-15-5-4-6-16(18)12-15/h4-6,12H,3,7-11,13-14,19H2,1-2H3. The van der Waals surface area contributed by atoms with Gasteiger partial charge in [-0.25, -0.2) is 4.39 Å². The van der Waals surface area contributed by atoms with Crippen LogP contribution in [0.1, 0.15) is 31.7 Å². The summed E-state index contributed by atoms with van der Waals surface area (Å²) < 4.78 is 13.3. The third-order valence-electron chi connectivity index (χ3n) is 4.83. The van der Waals surface area contributed by atoms with Gasteiger partial charge in [-0.05, 0) is 63.6 Å². The predicted octanol–water partition coefficient (Wildman–Crippen LogP) is 2.46. The van der Waals surface area contributed by atoms with Crippen molar-refractivity contribution >= 4 is 0 Å². The lowest BCUT2D eigenvalue weighted by Crippen LogP contribution is -2.57. The highest BCUT2D eigenvalue weighted by Crippen LogP contribution is 2.28. The summed E-state index contributed by atoms with van der Waals surface area (Å²) in [6, 6.07) is 6.87. The zero-order valence-electron chi connectivity index (χ0n) is 13.3. The van der Waals surface area contributed by atoms with Gasteiger partial charge in [-0.3, -0.25) is 4.90 Å². The number of piperidine rings is 1. The van der Waals surface area contributed by atoms with Crippen molar-refractivity contribution < 1.29 is 4.39 Å². The Labute approximate surface area is 127 Å². The molecule has 0 amide bonds. The van der Waals surface area contributed by atoms with E-state index in [2.05, 4.69) is 23.8 Å². The van der Waals surface area contributed by atoms with Crippen LogP contribution < -0.4 is 5.73 Å². The van der Waals surface area contributed by atoms with E-state index in [4.69, 9.17) is 5.73 Å². The maximum absolute atomic E-state index is 13.3. The normalized spacial score (nSPS) is 19.1. The molecule has 2 N–H and O–H groups in total. The smallest absolute Gasteiger partial charge is 0.123 e. The van der Waals surface area contributed by atoms with Gasteiger partial charge in [0.25, 0.3) is 0 Å². The van der Waals surface area contributed by atoms with Crippen molar-refractivity contribution in [3.05, 3.63) is 35.6 Å². The minimum Gasteiger partial charge on any atom is -0.329 e. The van der Waals surface area contributed by atoms with Gasteiger partial charge in [0.05, 0.1) is 0 Å². The number of likely N-dealkylation sites (tertiary alicyclic amines) is 1. The highest BCUT2D eigenvalue weighted by Gasteiger charge is 2.36. The topological polar surface area (TPSA) is 32.5 Å². The van der Waals surface area contributed by atoms with Crippen LogP contribution in [0.3, 0.4) is 0 Å². The fourth-order valence-electron chi connectivity index (χ4n) is 3.33. The first-order valence-corrected chi connectivity index (χ1v) is 7.98. The van der Waals surface area contributed by atoms with Gasteiger partial charge in [-0.15, -0.1) is 0 Å². The van der Waals surface area contributed by atoms with Crippen LogP contribution in [-0.4, -0.2) is 48.6 Å². The molecule has 1 aliphatic heterocycles. The number of likely N-dealkylation sites (N-methyl/N-ethyl adjacent to an activating group) is 1. The quantitative estimate of drug-likeness (QED) is 0.874. The van der Waals surface area contributed by atoms with Crippen molar-refractivity contribution in [3.63, 3.8) is 0 Å². The second-order valence-electron chi connectivity index (χ2n) is 6.26. The van der Waals surface area contributed by atoms with Crippen molar-refractivity contribution in [3.8, 4) is 0 Å². The molecular weight excluding hydrogens is 265 g/mol. The number of rotatable bonds is 6. The molecule has 1 saturated heterocycles. The molecule has 1 heterocycles. The average Bonchev–Trinajstić information content (AvgIpc) is 2.48. The van der Waals surface area contributed by atoms with Gasteiger partial charge in [-0.1, -0.05) is 19.1 Å². The van der Waals surface area contributed by atoms with Gasteiger partial charge in [0.2, 0.25) is 0 Å². The highest BCUT2D eigenvalue weighted by atomic mass is 19.1. The molecule has 118 valence electrons. The van der Waals surface area contributed by atoms with Crippen molar-refractivity contribution in [2.24, 2.45) is 5.73 Å². The highest BCUT2D eigenvalue weighted by molar-refractivity contribution is 5.16. The maximum atomic E-state index is 13.3. The van der Waals surface area contributed by atoms with Gasteiger partial charge in [0.1, 0.15) is 5.82 Å². The molecule has 0 aromatic heterocycles. The Bertz CT molecular complexity index is 441. The Balaban J connectivity index is 2.00. The number of benzene rings is 1. The van der Waals surface area contributed by atoms with E-state index in [1.54, 1.807) is 12.1 Å². The molecule has 21 heavy (non-hydrogen) atoms. The molecule has 0 saturated carbocycles. The van der Waals surface area contributed by atoms with E-state index in [1.807, 2.05) is 6.07 Å². The second kappa shape index (κ2) is 7.34. The van der Waals surface area contributed by atoms with Crippen LogP contribution in [-0.2, 0) is 6.54 Å². The summed E-state index contributed by atoms with van der Waals surface area (Å²) in [6.45, 7) is 7.04. The summed E-state index contributed by atoms with van der Waals surface area (Å²) in [5, 5.41) is 0. The van der Waals surface area contributed by atoms with E-state index in [0.29, 0.717) is 6.54 Å². The van der Waals surface area contributed by atoms with Crippen LogP contribution in [0.2, 0.25) is 0 Å². The lowest BCUT2D eigenvalue weighted by atomic mass is 9.85. The Morgan fingerprint density at radius 2 is 2.05 bits per heavy atom. The fourth-order valence-corrected chi connectivity index (χ4v) is 3.33. The molecule has 1 fully saturated rings. The van der Waals surface area contributed by atoms with Crippen LogP contribution >= 0.6 is 0 Å². The van der Waals surface area contributed by atoms with Crippen LogP contribution in [0.25, 0.3) is 0 Å². The number of halogens is 1. The fraction of sp³-hybridized carbons (Fsp3) is 0.647. The molecular formula is C17H28FN3. The summed E-state index contributed by atoms with van der Waals surface area (Å²) >= 11 is 0. The molecule has 1 aromatic carbocycles. The first-order chi connectivity index (χ1) is 10.1. The van der Waals surface area contributed by atoms with Crippen molar-refractivity contribution in [2.75, 3.05) is 33.2 Å². The van der Waals surface area contributed by atoms with Crippen LogP contribution in [0.4, 0.5) is 4.39 Å².